The summed E-state index contributed by atoms with van der Waals surface area (Å²) >= 11 is 6.11. The Labute approximate surface area is 245 Å². The summed E-state index contributed by atoms with van der Waals surface area (Å²) in [4.78, 5) is 44.8. The van der Waals surface area contributed by atoms with Crippen molar-refractivity contribution in [3.05, 3.63) is 70.0 Å². The number of nitrogens with zero attached hydrogens (tertiary/aromatic N) is 2. The molecule has 3 aliphatic rings. The molecule has 2 aliphatic carbocycles. The zero-order valence-electron chi connectivity index (χ0n) is 23.8. The molecule has 1 aliphatic heterocycles. The van der Waals surface area contributed by atoms with E-state index >= 15 is 0 Å². The minimum atomic E-state index is -0.974. The van der Waals surface area contributed by atoms with Crippen LogP contribution in [0.4, 0.5) is 4.39 Å². The molecule has 0 aromatic heterocycles. The van der Waals surface area contributed by atoms with Crippen molar-refractivity contribution in [3.8, 4) is 0 Å². The lowest BCUT2D eigenvalue weighted by Gasteiger charge is -2.47. The Hall–Kier alpha value is -3.26. The van der Waals surface area contributed by atoms with Gasteiger partial charge in [-0.05, 0) is 91.7 Å². The third kappa shape index (κ3) is 6.03. The van der Waals surface area contributed by atoms with E-state index in [1.165, 1.54) is 12.1 Å². The highest BCUT2D eigenvalue weighted by Crippen LogP contribution is 2.54. The summed E-state index contributed by atoms with van der Waals surface area (Å²) < 4.78 is 14.0. The van der Waals surface area contributed by atoms with Crippen molar-refractivity contribution in [1.29, 1.82) is 0 Å². The van der Waals surface area contributed by atoms with Crippen molar-refractivity contribution in [3.63, 3.8) is 0 Å². The van der Waals surface area contributed by atoms with E-state index in [1.54, 1.807) is 18.2 Å². The highest BCUT2D eigenvalue weighted by Gasteiger charge is 2.55. The Bertz CT molecular complexity index is 1370. The van der Waals surface area contributed by atoms with Gasteiger partial charge < -0.3 is 15.3 Å². The Kier molecular flexibility index (Phi) is 7.99. The van der Waals surface area contributed by atoms with Gasteiger partial charge in [-0.15, -0.1) is 0 Å². The van der Waals surface area contributed by atoms with Crippen LogP contribution in [0.5, 0.6) is 0 Å². The molecule has 0 radical (unpaired) electrons. The van der Waals surface area contributed by atoms with Crippen LogP contribution in [0.1, 0.15) is 93.2 Å². The van der Waals surface area contributed by atoms with E-state index < -0.39 is 17.4 Å². The number of carbonyl (C=O) groups excluding carboxylic acids is 2. The van der Waals surface area contributed by atoms with Crippen LogP contribution >= 0.6 is 11.6 Å². The number of nitrogens with one attached hydrogen (secondary N) is 1. The van der Waals surface area contributed by atoms with Crippen LogP contribution in [0.25, 0.3) is 0 Å². The molecule has 2 N–H and O–H groups in total. The number of carbonyl (C=O) groups is 3. The second-order valence-electron chi connectivity index (χ2n) is 12.7. The molecule has 0 saturated heterocycles. The second-order valence-corrected chi connectivity index (χ2v) is 13.1. The summed E-state index contributed by atoms with van der Waals surface area (Å²) in [6.07, 6.45) is 5.21. The summed E-state index contributed by atoms with van der Waals surface area (Å²) in [7, 11) is 0. The van der Waals surface area contributed by atoms with E-state index in [0.717, 1.165) is 44.1 Å². The van der Waals surface area contributed by atoms with Gasteiger partial charge in [-0.1, -0.05) is 44.5 Å². The maximum atomic E-state index is 14.3. The van der Waals surface area contributed by atoms with E-state index in [9.17, 15) is 18.8 Å². The summed E-state index contributed by atoms with van der Waals surface area (Å²) in [6.45, 7) is 6.83. The number of amides is 2. The normalized spacial score (nSPS) is 23.4. The summed E-state index contributed by atoms with van der Waals surface area (Å²) in [5.74, 6) is -1.23. The van der Waals surface area contributed by atoms with Gasteiger partial charge in [0.2, 0.25) is 0 Å². The van der Waals surface area contributed by atoms with Crippen LogP contribution in [0.3, 0.4) is 0 Å². The van der Waals surface area contributed by atoms with Crippen LogP contribution in [-0.2, 0) is 9.59 Å². The fourth-order valence-corrected chi connectivity index (χ4v) is 6.57. The molecular formula is C32H37ClFN3O4. The highest BCUT2D eigenvalue weighted by atomic mass is 35.5. The Morgan fingerprint density at radius 2 is 1.78 bits per heavy atom. The van der Waals surface area contributed by atoms with Gasteiger partial charge in [0.1, 0.15) is 17.2 Å². The Morgan fingerprint density at radius 1 is 1.12 bits per heavy atom. The quantitative estimate of drug-likeness (QED) is 0.377. The Morgan fingerprint density at radius 3 is 2.34 bits per heavy atom. The zero-order chi connectivity index (χ0) is 29.5. The fourth-order valence-electron chi connectivity index (χ4n) is 6.39. The number of hydrogen-bond donors (Lipinski definition) is 2. The lowest BCUT2D eigenvalue weighted by Crippen LogP contribution is -2.52. The first-order chi connectivity index (χ1) is 19.4. The molecule has 0 bridgehead atoms. The number of carboxylic acids is 1. The molecular weight excluding hydrogens is 545 g/mol. The number of aliphatic carboxylic acids is 1. The second kappa shape index (κ2) is 11.2. The van der Waals surface area contributed by atoms with Crippen molar-refractivity contribution in [2.45, 2.75) is 77.4 Å². The number of hydrogen-bond acceptors (Lipinski definition) is 4. The molecule has 1 spiro atoms. The predicted molar refractivity (Wildman–Crippen MR) is 155 cm³/mol. The number of benzene rings is 2. The van der Waals surface area contributed by atoms with Crippen LogP contribution in [-0.4, -0.2) is 45.7 Å². The molecule has 1 heterocycles. The maximum Gasteiger partial charge on any atom is 0.305 e. The third-order valence-electron chi connectivity index (χ3n) is 8.88. The van der Waals surface area contributed by atoms with Gasteiger partial charge >= 0.3 is 5.97 Å². The van der Waals surface area contributed by atoms with Gasteiger partial charge in [-0.3, -0.25) is 19.4 Å². The number of rotatable bonds is 8. The molecule has 2 aromatic rings. The lowest BCUT2D eigenvalue weighted by molar-refractivity contribution is -0.137. The smallest absolute Gasteiger partial charge is 0.305 e. The molecule has 2 amide bonds. The molecule has 2 aromatic carbocycles. The lowest BCUT2D eigenvalue weighted by atomic mass is 9.69. The van der Waals surface area contributed by atoms with Crippen molar-refractivity contribution >= 4 is 35.1 Å². The minimum absolute atomic E-state index is 0.0436. The fraction of sp³-hybridized carbons (Fsp3) is 0.500. The van der Waals surface area contributed by atoms with Gasteiger partial charge in [0.25, 0.3) is 11.8 Å². The van der Waals surface area contributed by atoms with Gasteiger partial charge in [0, 0.05) is 17.7 Å². The van der Waals surface area contributed by atoms with Gasteiger partial charge in [0.05, 0.1) is 17.5 Å². The monoisotopic (exact) mass is 581 g/mol. The number of carboxylic acid groups (broad SMARTS) is 1. The Balaban J connectivity index is 1.48. The van der Waals surface area contributed by atoms with Gasteiger partial charge in [-0.25, -0.2) is 4.39 Å². The SMILES string of the molecule is CC(C)(C)C1CCC2(CC1)N=C(c1ccc(F)c(Cl)c1)C(=O)N2C(c1ccc(C(=O)NCCC(=O)O)cc1)C1CC1. The van der Waals surface area contributed by atoms with Crippen LogP contribution in [0, 0.1) is 23.1 Å². The van der Waals surface area contributed by atoms with Crippen molar-refractivity contribution in [1.82, 2.24) is 10.2 Å². The first-order valence-corrected chi connectivity index (χ1v) is 14.8. The first kappa shape index (κ1) is 29.2. The summed E-state index contributed by atoms with van der Waals surface area (Å²) in [6, 6.07) is 11.4. The van der Waals surface area contributed by atoms with Gasteiger partial charge in [-0.2, -0.15) is 0 Å². The molecule has 41 heavy (non-hydrogen) atoms. The molecule has 1 atom stereocenters. The average molecular weight is 582 g/mol. The predicted octanol–water partition coefficient (Wildman–Crippen LogP) is 6.40. The molecule has 1 unspecified atom stereocenters. The number of aliphatic imine (C=N–C) groups is 1. The average Bonchev–Trinajstić information content (AvgIpc) is 3.72. The molecule has 5 rings (SSSR count). The summed E-state index contributed by atoms with van der Waals surface area (Å²) in [5.41, 5.74) is 1.66. The van der Waals surface area contributed by atoms with E-state index in [-0.39, 0.29) is 47.2 Å². The van der Waals surface area contributed by atoms with Crippen LogP contribution in [0.2, 0.25) is 5.02 Å². The molecule has 2 saturated carbocycles. The standard InChI is InChI=1S/C32H37ClFN3O4/c1-31(2,3)23-12-15-32(16-13-23)36-27(22-10-11-25(34)24(33)18-22)30(41)37(32)28(19-4-5-19)20-6-8-21(9-7-20)29(40)35-17-14-26(38)39/h6-11,18-19,23,28H,4-5,12-17H2,1-3H3,(H,35,40)(H,38,39). The van der Waals surface area contributed by atoms with E-state index in [2.05, 4.69) is 26.1 Å². The molecule has 218 valence electrons. The highest BCUT2D eigenvalue weighted by molar-refractivity contribution is 6.47. The topological polar surface area (TPSA) is 99.1 Å². The molecule has 9 heteroatoms. The van der Waals surface area contributed by atoms with Gasteiger partial charge in [0.15, 0.2) is 0 Å². The zero-order valence-corrected chi connectivity index (χ0v) is 24.5. The van der Waals surface area contributed by atoms with Crippen molar-refractivity contribution < 1.29 is 23.9 Å². The van der Waals surface area contributed by atoms with E-state index in [1.807, 2.05) is 17.0 Å². The van der Waals surface area contributed by atoms with Crippen molar-refractivity contribution in [2.24, 2.45) is 22.2 Å². The third-order valence-corrected chi connectivity index (χ3v) is 9.17. The minimum Gasteiger partial charge on any atom is -0.481 e. The number of halogens is 2. The maximum absolute atomic E-state index is 14.3. The van der Waals surface area contributed by atoms with Crippen LogP contribution in [0.15, 0.2) is 47.5 Å². The first-order valence-electron chi connectivity index (χ1n) is 14.4. The molecule has 2 fully saturated rings. The van der Waals surface area contributed by atoms with E-state index in [0.29, 0.717) is 22.8 Å². The summed E-state index contributed by atoms with van der Waals surface area (Å²) in [5, 5.41) is 11.4. The van der Waals surface area contributed by atoms with Crippen LogP contribution < -0.4 is 5.32 Å². The van der Waals surface area contributed by atoms with Crippen molar-refractivity contribution in [2.75, 3.05) is 6.54 Å². The largest absolute Gasteiger partial charge is 0.481 e. The molecule has 7 nitrogen and oxygen atoms in total. The van der Waals surface area contributed by atoms with E-state index in [4.69, 9.17) is 21.7 Å².